The molecular weight excluding hydrogens is 1170 g/mol. The number of nitrogens with one attached hydrogen (secondary N) is 11. The van der Waals surface area contributed by atoms with Crippen LogP contribution in [0.3, 0.4) is 0 Å². The number of rotatable bonds is 43. The molecule has 0 aromatic heterocycles. The average molecular weight is 1270 g/mol. The second kappa shape index (κ2) is 40.6. The number of carbonyl (C=O) groups is 15. The molecular formula is C54H95N17O18. The summed E-state index contributed by atoms with van der Waals surface area (Å²) in [5.74, 6) is -17.0. The number of guanidine groups is 1. The molecule has 0 spiro atoms. The van der Waals surface area contributed by atoms with Crippen LogP contribution in [0.25, 0.3) is 0 Å². The second-order valence-corrected chi connectivity index (χ2v) is 23.0. The minimum Gasteiger partial charge on any atom is -0.481 e. The Morgan fingerprint density at radius 2 is 0.843 bits per heavy atom. The first kappa shape index (κ1) is 80.2. The van der Waals surface area contributed by atoms with E-state index in [1.807, 2.05) is 0 Å². The van der Waals surface area contributed by atoms with E-state index in [2.05, 4.69) is 63.5 Å². The molecule has 0 aromatic carbocycles. The van der Waals surface area contributed by atoms with Crippen LogP contribution in [0.4, 0.5) is 0 Å². The molecule has 0 saturated heterocycles. The largest absolute Gasteiger partial charge is 0.481 e. The Morgan fingerprint density at radius 3 is 1.33 bits per heavy atom. The maximum atomic E-state index is 13.9. The van der Waals surface area contributed by atoms with E-state index in [1.54, 1.807) is 41.5 Å². The van der Waals surface area contributed by atoms with Gasteiger partial charge in [0.1, 0.15) is 54.4 Å². The van der Waals surface area contributed by atoms with Crippen LogP contribution in [0, 0.1) is 23.7 Å². The van der Waals surface area contributed by atoms with Crippen molar-refractivity contribution >= 4 is 94.7 Å². The van der Waals surface area contributed by atoms with E-state index in [4.69, 9.17) is 28.7 Å². The highest BCUT2D eigenvalue weighted by Gasteiger charge is 2.37. The SMILES string of the molecule is CC(C)C[C@H](NC(=O)[C@H](CCC(N)=O)NC(=O)[C@H](CC(C)C)NC(=O)[C@H](C)NC(=O)[C@H](CCCN=C(N)N)NC(=O)CNC(=O)[C@H](CC(=O)O)NC(=O)[C@@H](NC(=O)[C@H](CC(C)C)NC(=O)[C@@H](NC(=O)CNC(=O)[C@@H](N)CCC(N)=O)[C@@H](C)O)C(C)C)C(=O)O. The van der Waals surface area contributed by atoms with Gasteiger partial charge in [0.05, 0.1) is 31.7 Å². The van der Waals surface area contributed by atoms with Gasteiger partial charge in [-0.1, -0.05) is 55.4 Å². The Kier molecular flexibility index (Phi) is 36.6. The van der Waals surface area contributed by atoms with Gasteiger partial charge in [-0.25, -0.2) is 4.79 Å². The zero-order valence-corrected chi connectivity index (χ0v) is 52.2. The molecule has 0 unspecified atom stereocenters. The Labute approximate surface area is 516 Å². The molecule has 0 fully saturated rings. The number of aliphatic imine (C=N–C) groups is 1. The van der Waals surface area contributed by atoms with Gasteiger partial charge in [0.2, 0.25) is 76.8 Å². The van der Waals surface area contributed by atoms with Crippen molar-refractivity contribution in [3.8, 4) is 0 Å². The van der Waals surface area contributed by atoms with Crippen LogP contribution in [0.2, 0.25) is 0 Å². The lowest BCUT2D eigenvalue weighted by Crippen LogP contribution is -2.61. The molecule has 0 aliphatic rings. The summed E-state index contributed by atoms with van der Waals surface area (Å²) in [4.78, 5) is 198. The van der Waals surface area contributed by atoms with Gasteiger partial charge in [-0.15, -0.1) is 0 Å². The monoisotopic (exact) mass is 1270 g/mol. The third kappa shape index (κ3) is 33.8. The number of carboxylic acids is 2. The zero-order chi connectivity index (χ0) is 68.6. The summed E-state index contributed by atoms with van der Waals surface area (Å²) in [5.41, 5.74) is 27.0. The summed E-state index contributed by atoms with van der Waals surface area (Å²) < 4.78 is 0. The quantitative estimate of drug-likeness (QED) is 0.0153. The van der Waals surface area contributed by atoms with E-state index in [9.17, 15) is 87.2 Å². The summed E-state index contributed by atoms with van der Waals surface area (Å²) in [6, 6.07) is -14.7. The summed E-state index contributed by atoms with van der Waals surface area (Å²) in [6.07, 6.45) is -3.78. The maximum absolute atomic E-state index is 13.9. The number of primary amides is 2. The molecule has 0 heterocycles. The van der Waals surface area contributed by atoms with E-state index >= 15 is 0 Å². The van der Waals surface area contributed by atoms with Crippen LogP contribution in [0.1, 0.15) is 133 Å². The van der Waals surface area contributed by atoms with Gasteiger partial charge in [0, 0.05) is 19.4 Å². The van der Waals surface area contributed by atoms with Crippen molar-refractivity contribution in [3.63, 3.8) is 0 Å². The highest BCUT2D eigenvalue weighted by molar-refractivity contribution is 5.99. The topological polar surface area (TPSA) is 592 Å². The van der Waals surface area contributed by atoms with E-state index in [0.29, 0.717) is 0 Å². The number of nitrogens with two attached hydrogens (primary N) is 5. The van der Waals surface area contributed by atoms with Gasteiger partial charge in [0.15, 0.2) is 5.96 Å². The van der Waals surface area contributed by atoms with Crippen molar-refractivity contribution in [2.24, 2.45) is 57.3 Å². The molecule has 504 valence electrons. The number of carbonyl (C=O) groups excluding carboxylic acids is 13. The summed E-state index contributed by atoms with van der Waals surface area (Å²) in [6.45, 7) is 14.0. The normalized spacial score (nSPS) is 14.8. The van der Waals surface area contributed by atoms with Crippen LogP contribution < -0.4 is 87.2 Å². The smallest absolute Gasteiger partial charge is 0.326 e. The molecule has 0 bridgehead atoms. The predicted molar refractivity (Wildman–Crippen MR) is 319 cm³/mol. The molecule has 35 nitrogen and oxygen atoms in total. The average Bonchev–Trinajstić information content (AvgIpc) is 1.61. The van der Waals surface area contributed by atoms with Crippen molar-refractivity contribution in [2.75, 3.05) is 19.6 Å². The number of amides is 13. The summed E-state index contributed by atoms with van der Waals surface area (Å²) >= 11 is 0. The van der Waals surface area contributed by atoms with Crippen LogP contribution in [0.15, 0.2) is 4.99 Å². The van der Waals surface area contributed by atoms with Crippen molar-refractivity contribution in [3.05, 3.63) is 0 Å². The minimum atomic E-state index is -1.89. The molecule has 0 aromatic rings. The number of aliphatic hydroxyl groups is 1. The first-order chi connectivity index (χ1) is 41.2. The lowest BCUT2D eigenvalue weighted by Gasteiger charge is -2.29. The third-order valence-electron chi connectivity index (χ3n) is 12.9. The number of aliphatic carboxylic acids is 2. The fourth-order valence-corrected chi connectivity index (χ4v) is 8.24. The van der Waals surface area contributed by atoms with Crippen LogP contribution in [0.5, 0.6) is 0 Å². The van der Waals surface area contributed by atoms with Gasteiger partial charge in [-0.2, -0.15) is 0 Å². The number of carboxylic acid groups (broad SMARTS) is 2. The number of nitrogens with zero attached hydrogens (tertiary/aromatic N) is 1. The first-order valence-electron chi connectivity index (χ1n) is 29.0. The zero-order valence-electron chi connectivity index (χ0n) is 52.2. The Bertz CT molecular complexity index is 2510. The Morgan fingerprint density at radius 1 is 0.427 bits per heavy atom. The van der Waals surface area contributed by atoms with Gasteiger partial charge in [-0.3, -0.25) is 72.1 Å². The molecule has 35 heteroatoms. The van der Waals surface area contributed by atoms with E-state index in [-0.39, 0.29) is 88.0 Å². The van der Waals surface area contributed by atoms with Gasteiger partial charge < -0.3 is 102 Å². The van der Waals surface area contributed by atoms with Gasteiger partial charge >= 0.3 is 11.9 Å². The van der Waals surface area contributed by atoms with E-state index in [1.165, 1.54) is 20.8 Å². The molecule has 24 N–H and O–H groups in total. The van der Waals surface area contributed by atoms with Crippen LogP contribution >= 0.6 is 0 Å². The highest BCUT2D eigenvalue weighted by atomic mass is 16.4. The minimum absolute atomic E-state index is 0.0136. The van der Waals surface area contributed by atoms with Crippen molar-refractivity contribution in [2.45, 2.75) is 200 Å². The molecule has 0 saturated carbocycles. The number of hydrogen-bond acceptors (Lipinski definition) is 18. The lowest BCUT2D eigenvalue weighted by atomic mass is 9.99. The van der Waals surface area contributed by atoms with Gasteiger partial charge in [0.25, 0.3) is 0 Å². The molecule has 11 atom stereocenters. The molecule has 89 heavy (non-hydrogen) atoms. The number of hydrogen-bond donors (Lipinski definition) is 19. The first-order valence-corrected chi connectivity index (χ1v) is 29.0. The summed E-state index contributed by atoms with van der Waals surface area (Å²) in [7, 11) is 0. The van der Waals surface area contributed by atoms with Crippen molar-refractivity contribution in [1.29, 1.82) is 0 Å². The molecule has 0 radical (unpaired) electrons. The molecule has 0 rings (SSSR count). The fourth-order valence-electron chi connectivity index (χ4n) is 8.24. The second-order valence-electron chi connectivity index (χ2n) is 23.0. The standard InChI is InChI=1S/C54H95N17O18/c1-24(2)18-33(49(84)65-32(14-16-38(57)74)48(83)69-36(53(88)89)20-26(5)6)66-44(79)28(9)63-47(82)31(12-11-17-60-54(58)59)64-39(75)22-62-46(81)35(21-41(77)78)68-51(86)42(27(7)8)71-50(85)34(19-25(3)4)67-52(87)43(29(10)72)70-40(76)23-61-45(80)30(55)13-15-37(56)73/h24-36,42-43,72H,11-23,55H2,1-10H3,(H2,56,73)(H2,57,74)(H,61,80)(H,62,81)(H,63,82)(H,64,75)(H,65,84)(H,66,79)(H,67,87)(H,68,86)(H,69,83)(H,70,76)(H,71,85)(H,77,78)(H,88,89)(H4,58,59,60)/t28-,29+,30-,31-,32-,33-,34-,35-,36-,42-,43-/m0/s1. The van der Waals surface area contributed by atoms with Crippen LogP contribution in [-0.2, 0) is 71.9 Å². The maximum Gasteiger partial charge on any atom is 0.326 e. The fraction of sp³-hybridized carbons (Fsp3) is 0.704. The molecule has 0 aliphatic carbocycles. The predicted octanol–water partition coefficient (Wildman–Crippen LogP) is -6.75. The number of aliphatic hydroxyl groups excluding tert-OH is 1. The van der Waals surface area contributed by atoms with E-state index < -0.39 is 181 Å². The molecule has 13 amide bonds. The van der Waals surface area contributed by atoms with Crippen molar-refractivity contribution < 1.29 is 87.2 Å². The van der Waals surface area contributed by atoms with E-state index in [0.717, 1.165) is 6.92 Å². The van der Waals surface area contributed by atoms with Crippen molar-refractivity contribution in [1.82, 2.24) is 58.5 Å². The van der Waals surface area contributed by atoms with Crippen LogP contribution in [-0.4, -0.2) is 196 Å². The summed E-state index contributed by atoms with van der Waals surface area (Å²) in [5, 5.41) is 55.9. The lowest BCUT2D eigenvalue weighted by molar-refractivity contribution is -0.143. The molecule has 0 aliphatic heterocycles. The highest BCUT2D eigenvalue weighted by Crippen LogP contribution is 2.13. The van der Waals surface area contributed by atoms with Gasteiger partial charge in [-0.05, 0) is 82.5 Å². The Hall–Kier alpha value is -8.76. The third-order valence-corrected chi connectivity index (χ3v) is 12.9. The Balaban J connectivity index is 6.36.